The molecule has 1 atom stereocenters. The van der Waals surface area contributed by atoms with Gasteiger partial charge in [0, 0.05) is 38.5 Å². The third-order valence-corrected chi connectivity index (χ3v) is 8.32. The second kappa shape index (κ2) is 15.9. The maximum atomic E-state index is 13.6. The molecule has 3 N–H and O–H groups in total. The van der Waals surface area contributed by atoms with Crippen molar-refractivity contribution in [1.29, 1.82) is 0 Å². The summed E-state index contributed by atoms with van der Waals surface area (Å²) in [5, 5.41) is 8.61. The summed E-state index contributed by atoms with van der Waals surface area (Å²) < 4.78 is 16.3. The predicted molar refractivity (Wildman–Crippen MR) is 183 cm³/mol. The summed E-state index contributed by atoms with van der Waals surface area (Å²) in [4.78, 5) is 40.2. The number of amides is 3. The number of hydrogen-bond acceptors (Lipinski definition) is 7. The van der Waals surface area contributed by atoms with Crippen molar-refractivity contribution >= 4 is 58.5 Å². The lowest BCUT2D eigenvalue weighted by atomic mass is 10.1. The van der Waals surface area contributed by atoms with Gasteiger partial charge in [-0.2, -0.15) is 0 Å². The number of benzene rings is 4. The molecular weight excluding hydrogens is 626 g/mol. The molecule has 46 heavy (non-hydrogen) atoms. The summed E-state index contributed by atoms with van der Waals surface area (Å²) in [6.07, 6.45) is 1.50. The van der Waals surface area contributed by atoms with Gasteiger partial charge >= 0.3 is 0 Å². The number of carbonyl (C=O) groups excluding carboxylic acids is 3. The van der Waals surface area contributed by atoms with Gasteiger partial charge in [0.15, 0.2) is 11.5 Å². The number of carbonyl (C=O) groups is 3. The highest BCUT2D eigenvalue weighted by Gasteiger charge is 2.19. The smallest absolute Gasteiger partial charge is 0.272 e. The summed E-state index contributed by atoms with van der Waals surface area (Å²) in [7, 11) is 4.49. The molecule has 3 amide bonds. The number of anilines is 2. The molecular formula is C35H34ClN3O6S. The van der Waals surface area contributed by atoms with Gasteiger partial charge in [-0.25, -0.2) is 0 Å². The monoisotopic (exact) mass is 659 g/mol. The Kier molecular flexibility index (Phi) is 11.7. The first-order valence-electron chi connectivity index (χ1n) is 14.1. The zero-order valence-corrected chi connectivity index (χ0v) is 27.5. The summed E-state index contributed by atoms with van der Waals surface area (Å²) in [5.41, 5.74) is 2.87. The van der Waals surface area contributed by atoms with Crippen LogP contribution in [0.2, 0.25) is 5.02 Å². The van der Waals surface area contributed by atoms with Crippen LogP contribution in [-0.4, -0.2) is 44.3 Å². The molecule has 0 aliphatic carbocycles. The normalized spacial score (nSPS) is 11.7. The number of thioether (sulfide) groups is 1. The minimum absolute atomic E-state index is 0.0284. The molecule has 0 saturated heterocycles. The zero-order valence-electron chi connectivity index (χ0n) is 26.0. The third kappa shape index (κ3) is 8.83. The van der Waals surface area contributed by atoms with Gasteiger partial charge in [0.05, 0.1) is 26.6 Å². The van der Waals surface area contributed by atoms with E-state index < -0.39 is 17.1 Å². The maximum Gasteiger partial charge on any atom is 0.272 e. The number of nitrogens with one attached hydrogen (secondary N) is 3. The lowest BCUT2D eigenvalue weighted by Crippen LogP contribution is -2.30. The molecule has 0 aliphatic heterocycles. The van der Waals surface area contributed by atoms with Crippen molar-refractivity contribution in [2.75, 3.05) is 32.0 Å². The molecule has 0 aliphatic rings. The van der Waals surface area contributed by atoms with Gasteiger partial charge in [0.1, 0.15) is 11.4 Å². The number of ether oxygens (including phenoxy) is 3. The Morgan fingerprint density at radius 2 is 1.41 bits per heavy atom. The van der Waals surface area contributed by atoms with E-state index in [-0.39, 0.29) is 11.6 Å². The molecule has 0 spiro atoms. The van der Waals surface area contributed by atoms with Crippen LogP contribution in [0.5, 0.6) is 17.2 Å². The van der Waals surface area contributed by atoms with Crippen LogP contribution in [0.25, 0.3) is 6.08 Å². The number of methoxy groups -OCH3 is 3. The lowest BCUT2D eigenvalue weighted by molar-refractivity contribution is -0.115. The molecule has 0 radical (unpaired) electrons. The molecule has 11 heteroatoms. The number of rotatable bonds is 12. The van der Waals surface area contributed by atoms with Crippen LogP contribution in [-0.2, 0) is 9.59 Å². The molecule has 4 aromatic carbocycles. The summed E-state index contributed by atoms with van der Waals surface area (Å²) in [6.45, 7) is 3.70. The van der Waals surface area contributed by atoms with E-state index in [0.717, 1.165) is 10.5 Å². The lowest BCUT2D eigenvalue weighted by Gasteiger charge is -2.15. The minimum Gasteiger partial charge on any atom is -0.496 e. The molecule has 0 saturated carbocycles. The van der Waals surface area contributed by atoms with E-state index in [0.29, 0.717) is 44.8 Å². The Hall–Kier alpha value is -4.93. The Morgan fingerprint density at radius 3 is 2.04 bits per heavy atom. The second-order valence-corrected chi connectivity index (χ2v) is 11.8. The molecule has 4 rings (SSSR count). The van der Waals surface area contributed by atoms with Crippen LogP contribution < -0.4 is 30.2 Å². The average Bonchev–Trinajstić information content (AvgIpc) is 3.06. The van der Waals surface area contributed by atoms with E-state index in [1.807, 2.05) is 13.0 Å². The quantitative estimate of drug-likeness (QED) is 0.109. The average molecular weight is 660 g/mol. The van der Waals surface area contributed by atoms with Gasteiger partial charge in [-0.1, -0.05) is 35.9 Å². The van der Waals surface area contributed by atoms with E-state index in [2.05, 4.69) is 16.0 Å². The van der Waals surface area contributed by atoms with Crippen LogP contribution in [0, 0.1) is 6.92 Å². The van der Waals surface area contributed by atoms with Gasteiger partial charge in [-0.15, -0.1) is 11.8 Å². The Bertz CT molecular complexity index is 1750. The Morgan fingerprint density at radius 1 is 0.783 bits per heavy atom. The summed E-state index contributed by atoms with van der Waals surface area (Å²) >= 11 is 7.55. The van der Waals surface area contributed by atoms with Crippen molar-refractivity contribution in [3.8, 4) is 17.2 Å². The number of aryl methyl sites for hydroxylation is 1. The van der Waals surface area contributed by atoms with Gasteiger partial charge in [-0.05, 0) is 80.1 Å². The number of hydrogen-bond donors (Lipinski definition) is 3. The molecule has 9 nitrogen and oxygen atoms in total. The van der Waals surface area contributed by atoms with Crippen molar-refractivity contribution in [3.05, 3.63) is 112 Å². The SMILES string of the molecule is COc1cc(OC)c(OC)cc1/C=C(\NC(=O)c1ccccc1)C(=O)Nc1ccc(SC(C)C(=O)Nc2ccc(C)c(Cl)c2)cc1. The fourth-order valence-electron chi connectivity index (χ4n) is 4.25. The van der Waals surface area contributed by atoms with Crippen LogP contribution in [0.3, 0.4) is 0 Å². The topological polar surface area (TPSA) is 115 Å². The van der Waals surface area contributed by atoms with Crippen LogP contribution >= 0.6 is 23.4 Å². The van der Waals surface area contributed by atoms with E-state index >= 15 is 0 Å². The summed E-state index contributed by atoms with van der Waals surface area (Å²) in [5.74, 6) is 0.0700. The van der Waals surface area contributed by atoms with Crippen molar-refractivity contribution in [2.45, 2.75) is 24.0 Å². The van der Waals surface area contributed by atoms with Crippen molar-refractivity contribution in [1.82, 2.24) is 5.32 Å². The standard InChI is InChI=1S/C35H34ClN3O6S/c1-21-11-12-26(19-28(21)36)38-33(40)22(2)46-27-15-13-25(14-16-27)37-35(42)29(39-34(41)23-9-7-6-8-10-23)17-24-18-31(44-4)32(45-5)20-30(24)43-3/h6-20,22H,1-5H3,(H,37,42)(H,38,40)(H,39,41)/b29-17-. The molecule has 4 aromatic rings. The minimum atomic E-state index is -0.564. The van der Waals surface area contributed by atoms with Gasteiger partial charge < -0.3 is 30.2 Å². The Balaban J connectivity index is 1.52. The van der Waals surface area contributed by atoms with Crippen LogP contribution in [0.4, 0.5) is 11.4 Å². The highest BCUT2D eigenvalue weighted by Crippen LogP contribution is 2.36. The third-order valence-electron chi connectivity index (χ3n) is 6.80. The molecule has 0 aromatic heterocycles. The second-order valence-electron chi connectivity index (χ2n) is 10.0. The molecule has 1 unspecified atom stereocenters. The highest BCUT2D eigenvalue weighted by molar-refractivity contribution is 8.00. The maximum absolute atomic E-state index is 13.6. The molecule has 0 bridgehead atoms. The van der Waals surface area contributed by atoms with Crippen LogP contribution in [0.15, 0.2) is 95.5 Å². The largest absolute Gasteiger partial charge is 0.496 e. The predicted octanol–water partition coefficient (Wildman–Crippen LogP) is 7.20. The van der Waals surface area contributed by atoms with Crippen LogP contribution in [0.1, 0.15) is 28.4 Å². The zero-order chi connectivity index (χ0) is 33.2. The molecule has 0 fully saturated rings. The van der Waals surface area contributed by atoms with E-state index in [9.17, 15) is 14.4 Å². The van der Waals surface area contributed by atoms with E-state index in [1.165, 1.54) is 39.2 Å². The Labute approximate surface area is 277 Å². The molecule has 0 heterocycles. The first-order valence-corrected chi connectivity index (χ1v) is 15.4. The summed E-state index contributed by atoms with van der Waals surface area (Å²) in [6, 6.07) is 24.3. The van der Waals surface area contributed by atoms with Gasteiger partial charge in [0.25, 0.3) is 11.8 Å². The van der Waals surface area contributed by atoms with E-state index in [4.69, 9.17) is 25.8 Å². The molecule has 238 valence electrons. The number of halogens is 1. The van der Waals surface area contributed by atoms with E-state index in [1.54, 1.807) is 85.8 Å². The first kappa shape index (κ1) is 34.0. The highest BCUT2D eigenvalue weighted by atomic mass is 35.5. The van der Waals surface area contributed by atoms with Crippen molar-refractivity contribution in [3.63, 3.8) is 0 Å². The van der Waals surface area contributed by atoms with Gasteiger partial charge in [-0.3, -0.25) is 14.4 Å². The first-order chi connectivity index (χ1) is 22.1. The fourth-order valence-corrected chi connectivity index (χ4v) is 5.30. The van der Waals surface area contributed by atoms with Crippen molar-refractivity contribution in [2.24, 2.45) is 0 Å². The van der Waals surface area contributed by atoms with Crippen molar-refractivity contribution < 1.29 is 28.6 Å². The fraction of sp³-hybridized carbons (Fsp3) is 0.171. The van der Waals surface area contributed by atoms with Gasteiger partial charge in [0.2, 0.25) is 5.91 Å².